The van der Waals surface area contributed by atoms with Crippen LogP contribution in [0.5, 0.6) is 0 Å². The molecule has 1 heterocycles. The zero-order chi connectivity index (χ0) is 11.1. The van der Waals surface area contributed by atoms with Crippen LogP contribution in [0.3, 0.4) is 0 Å². The summed E-state index contributed by atoms with van der Waals surface area (Å²) in [5, 5.41) is 4.78. The van der Waals surface area contributed by atoms with E-state index in [1.165, 1.54) is 28.4 Å². The number of hydrogen-bond donors (Lipinski definition) is 1. The van der Waals surface area contributed by atoms with Crippen LogP contribution in [-0.4, -0.2) is 11.0 Å². The van der Waals surface area contributed by atoms with Crippen LogP contribution in [-0.2, 0) is 6.54 Å². The highest BCUT2D eigenvalue weighted by atomic mass is 32.1. The molecule has 1 saturated carbocycles. The number of hydrogen-bond acceptors (Lipinski definition) is 3. The van der Waals surface area contributed by atoms with Gasteiger partial charge < -0.3 is 5.32 Å². The standard InChI is InChI=1S/C12H20N2S/c1-8-11(14-10(3)15-8)7-13-9(2)12(4)5-6-12/h9,13H,5-7H2,1-4H3. The molecule has 1 fully saturated rings. The first kappa shape index (κ1) is 11.1. The summed E-state index contributed by atoms with van der Waals surface area (Å²) in [5.41, 5.74) is 1.78. The molecule has 84 valence electrons. The van der Waals surface area contributed by atoms with Crippen molar-refractivity contribution in [2.75, 3.05) is 0 Å². The molecule has 0 aliphatic heterocycles. The van der Waals surface area contributed by atoms with E-state index in [9.17, 15) is 0 Å². The fraction of sp³-hybridized carbons (Fsp3) is 0.750. The molecular formula is C12H20N2S. The van der Waals surface area contributed by atoms with Crippen LogP contribution in [0, 0.1) is 19.3 Å². The molecule has 0 bridgehead atoms. The summed E-state index contributed by atoms with van der Waals surface area (Å²) < 4.78 is 0. The molecular weight excluding hydrogens is 204 g/mol. The third-order valence-electron chi connectivity index (χ3n) is 3.66. The molecule has 1 unspecified atom stereocenters. The normalized spacial score (nSPS) is 20.3. The van der Waals surface area contributed by atoms with Gasteiger partial charge in [-0.3, -0.25) is 0 Å². The first-order valence-electron chi connectivity index (χ1n) is 5.67. The molecule has 0 radical (unpaired) electrons. The average Bonchev–Trinajstić information content (AvgIpc) is 2.83. The number of nitrogens with zero attached hydrogens (tertiary/aromatic N) is 1. The van der Waals surface area contributed by atoms with Crippen molar-refractivity contribution >= 4 is 11.3 Å². The van der Waals surface area contributed by atoms with E-state index in [-0.39, 0.29) is 0 Å². The van der Waals surface area contributed by atoms with E-state index in [0.717, 1.165) is 6.54 Å². The zero-order valence-electron chi connectivity index (χ0n) is 10.1. The summed E-state index contributed by atoms with van der Waals surface area (Å²) in [6, 6.07) is 0.610. The smallest absolute Gasteiger partial charge is 0.0900 e. The van der Waals surface area contributed by atoms with Crippen LogP contribution in [0.4, 0.5) is 0 Å². The summed E-state index contributed by atoms with van der Waals surface area (Å²) in [4.78, 5) is 5.90. The molecule has 1 aliphatic rings. The average molecular weight is 224 g/mol. The Morgan fingerprint density at radius 3 is 2.60 bits per heavy atom. The molecule has 0 saturated heterocycles. The second kappa shape index (κ2) is 3.87. The molecule has 0 spiro atoms. The van der Waals surface area contributed by atoms with E-state index in [4.69, 9.17) is 0 Å². The summed E-state index contributed by atoms with van der Waals surface area (Å²) in [6.45, 7) is 9.82. The maximum Gasteiger partial charge on any atom is 0.0900 e. The minimum Gasteiger partial charge on any atom is -0.308 e. The largest absolute Gasteiger partial charge is 0.308 e. The number of rotatable bonds is 4. The Kier molecular flexibility index (Phi) is 2.86. The third kappa shape index (κ3) is 2.40. The van der Waals surface area contributed by atoms with Crippen molar-refractivity contribution in [2.24, 2.45) is 5.41 Å². The molecule has 2 nitrogen and oxygen atoms in total. The lowest BCUT2D eigenvalue weighted by Gasteiger charge is -2.19. The van der Waals surface area contributed by atoms with Gasteiger partial charge in [0.15, 0.2) is 0 Å². The molecule has 1 N–H and O–H groups in total. The van der Waals surface area contributed by atoms with Crippen LogP contribution in [0.25, 0.3) is 0 Å². The number of nitrogens with one attached hydrogen (secondary N) is 1. The van der Waals surface area contributed by atoms with Gasteiger partial charge in [-0.15, -0.1) is 11.3 Å². The molecule has 1 atom stereocenters. The number of aromatic nitrogens is 1. The van der Waals surface area contributed by atoms with Crippen LogP contribution < -0.4 is 5.32 Å². The van der Waals surface area contributed by atoms with Gasteiger partial charge in [0.2, 0.25) is 0 Å². The minimum absolute atomic E-state index is 0.555. The van der Waals surface area contributed by atoms with E-state index in [0.29, 0.717) is 11.5 Å². The molecule has 2 rings (SSSR count). The number of aryl methyl sites for hydroxylation is 2. The Bertz CT molecular complexity index is 353. The molecule has 1 aromatic rings. The molecule has 15 heavy (non-hydrogen) atoms. The van der Waals surface area contributed by atoms with Gasteiger partial charge in [0, 0.05) is 17.5 Å². The van der Waals surface area contributed by atoms with Gasteiger partial charge >= 0.3 is 0 Å². The topological polar surface area (TPSA) is 24.9 Å². The lowest BCUT2D eigenvalue weighted by Crippen LogP contribution is -2.33. The number of thiazole rings is 1. The lowest BCUT2D eigenvalue weighted by molar-refractivity contribution is 0.378. The quantitative estimate of drug-likeness (QED) is 0.850. The maximum absolute atomic E-state index is 4.54. The fourth-order valence-corrected chi connectivity index (χ4v) is 2.70. The van der Waals surface area contributed by atoms with E-state index in [2.05, 4.69) is 38.0 Å². The predicted molar refractivity (Wildman–Crippen MR) is 65.2 cm³/mol. The van der Waals surface area contributed by atoms with Crippen LogP contribution in [0.1, 0.15) is 42.3 Å². The Morgan fingerprint density at radius 2 is 2.13 bits per heavy atom. The van der Waals surface area contributed by atoms with Gasteiger partial charge in [-0.1, -0.05) is 6.92 Å². The van der Waals surface area contributed by atoms with Crippen molar-refractivity contribution in [3.63, 3.8) is 0 Å². The fourth-order valence-electron chi connectivity index (χ4n) is 1.86. The second-order valence-corrected chi connectivity index (χ2v) is 6.40. The lowest BCUT2D eigenvalue weighted by atomic mass is 10.0. The zero-order valence-corrected chi connectivity index (χ0v) is 10.9. The Labute approximate surface area is 96.1 Å². The minimum atomic E-state index is 0.555. The summed E-state index contributed by atoms with van der Waals surface area (Å²) in [6.07, 6.45) is 2.74. The van der Waals surface area contributed by atoms with E-state index < -0.39 is 0 Å². The van der Waals surface area contributed by atoms with Crippen molar-refractivity contribution in [2.45, 2.75) is 53.1 Å². The first-order chi connectivity index (χ1) is 7.01. The SMILES string of the molecule is Cc1nc(CNC(C)C2(C)CC2)c(C)s1. The summed E-state index contributed by atoms with van der Waals surface area (Å²) in [5.74, 6) is 0. The van der Waals surface area contributed by atoms with Crippen molar-refractivity contribution in [1.29, 1.82) is 0 Å². The molecule has 1 aromatic heterocycles. The van der Waals surface area contributed by atoms with E-state index in [1.54, 1.807) is 11.3 Å². The van der Waals surface area contributed by atoms with Gasteiger partial charge in [0.25, 0.3) is 0 Å². The van der Waals surface area contributed by atoms with Gasteiger partial charge in [-0.25, -0.2) is 4.98 Å². The van der Waals surface area contributed by atoms with Crippen LogP contribution in [0.2, 0.25) is 0 Å². The Balaban J connectivity index is 1.90. The molecule has 3 heteroatoms. The van der Waals surface area contributed by atoms with Crippen LogP contribution in [0.15, 0.2) is 0 Å². The highest BCUT2D eigenvalue weighted by Gasteiger charge is 2.42. The van der Waals surface area contributed by atoms with Crippen molar-refractivity contribution in [3.8, 4) is 0 Å². The highest BCUT2D eigenvalue weighted by Crippen LogP contribution is 2.47. The maximum atomic E-state index is 4.54. The van der Waals surface area contributed by atoms with E-state index >= 15 is 0 Å². The van der Waals surface area contributed by atoms with Crippen molar-refractivity contribution in [3.05, 3.63) is 15.6 Å². The monoisotopic (exact) mass is 224 g/mol. The summed E-state index contributed by atoms with van der Waals surface area (Å²) in [7, 11) is 0. The molecule has 1 aliphatic carbocycles. The van der Waals surface area contributed by atoms with Gasteiger partial charge in [0.05, 0.1) is 10.7 Å². The Morgan fingerprint density at radius 1 is 1.47 bits per heavy atom. The second-order valence-electron chi connectivity index (χ2n) is 4.99. The predicted octanol–water partition coefficient (Wildman–Crippen LogP) is 3.04. The molecule has 0 amide bonds. The van der Waals surface area contributed by atoms with Gasteiger partial charge in [-0.2, -0.15) is 0 Å². The van der Waals surface area contributed by atoms with Crippen LogP contribution >= 0.6 is 11.3 Å². The van der Waals surface area contributed by atoms with Crippen molar-refractivity contribution in [1.82, 2.24) is 10.3 Å². The van der Waals surface area contributed by atoms with Crippen molar-refractivity contribution < 1.29 is 0 Å². The highest BCUT2D eigenvalue weighted by molar-refractivity contribution is 7.11. The van der Waals surface area contributed by atoms with Gasteiger partial charge in [-0.05, 0) is 39.0 Å². The third-order valence-corrected chi connectivity index (χ3v) is 4.59. The Hall–Kier alpha value is -0.410. The summed E-state index contributed by atoms with van der Waals surface area (Å²) >= 11 is 1.79. The molecule has 0 aromatic carbocycles. The first-order valence-corrected chi connectivity index (χ1v) is 6.49. The van der Waals surface area contributed by atoms with E-state index in [1.807, 2.05) is 0 Å². The van der Waals surface area contributed by atoms with Gasteiger partial charge in [0.1, 0.15) is 0 Å².